The molecule has 2 aromatic rings. The largest absolute Gasteiger partial charge is 0.466 e. The molecular weight excluding hydrogens is 368 g/mol. The zero-order valence-electron chi connectivity index (χ0n) is 14.5. The molecule has 0 saturated heterocycles. The fraction of sp³-hybridized carbons (Fsp3) is 0.158. The third-order valence-electron chi connectivity index (χ3n) is 4.13. The third-order valence-corrected chi connectivity index (χ3v) is 5.79. The summed E-state index contributed by atoms with van der Waals surface area (Å²) in [5.41, 5.74) is 0.702. The van der Waals surface area contributed by atoms with E-state index in [4.69, 9.17) is 4.74 Å². The van der Waals surface area contributed by atoms with Gasteiger partial charge in [0.25, 0.3) is 0 Å². The van der Waals surface area contributed by atoms with Crippen molar-refractivity contribution in [2.24, 2.45) is 0 Å². The van der Waals surface area contributed by atoms with E-state index in [2.05, 4.69) is 10.6 Å². The van der Waals surface area contributed by atoms with Crippen molar-refractivity contribution < 1.29 is 22.7 Å². The predicted octanol–water partition coefficient (Wildman–Crippen LogP) is 1.94. The van der Waals surface area contributed by atoms with E-state index < -0.39 is 33.6 Å². The standard InChI is InChI=1S/C19H18N2O5S/c1-26-18(22)16-15(12-27(24,25)14-10-6-3-7-11-14)20-19(23)21-17(16)13-8-4-2-5-9-13/h2-11,17H,12H2,1H3,(H2,20,21,23)/t17-/m1/s1. The number of ether oxygens (including phenoxy) is 1. The Balaban J connectivity index is 2.09. The van der Waals surface area contributed by atoms with E-state index in [-0.39, 0.29) is 16.2 Å². The molecule has 8 heteroatoms. The van der Waals surface area contributed by atoms with Crippen molar-refractivity contribution >= 4 is 21.8 Å². The summed E-state index contributed by atoms with van der Waals surface area (Å²) in [6.07, 6.45) is 0. The van der Waals surface area contributed by atoms with Gasteiger partial charge in [-0.1, -0.05) is 48.5 Å². The number of esters is 1. The highest BCUT2D eigenvalue weighted by Gasteiger charge is 2.35. The summed E-state index contributed by atoms with van der Waals surface area (Å²) in [6.45, 7) is 0. The number of benzene rings is 2. The molecule has 0 unspecified atom stereocenters. The molecule has 0 aliphatic carbocycles. The molecule has 2 N–H and O–H groups in total. The van der Waals surface area contributed by atoms with E-state index in [0.717, 1.165) is 0 Å². The number of methoxy groups -OCH3 is 1. The molecular formula is C19H18N2O5S. The van der Waals surface area contributed by atoms with E-state index in [9.17, 15) is 18.0 Å². The summed E-state index contributed by atoms with van der Waals surface area (Å²) in [7, 11) is -2.57. The Hall–Kier alpha value is -3.13. The maximum absolute atomic E-state index is 12.7. The van der Waals surface area contributed by atoms with Crippen LogP contribution < -0.4 is 10.6 Å². The van der Waals surface area contributed by atoms with Gasteiger partial charge < -0.3 is 15.4 Å². The van der Waals surface area contributed by atoms with Gasteiger partial charge in [-0.15, -0.1) is 0 Å². The Morgan fingerprint density at radius 1 is 1.04 bits per heavy atom. The predicted molar refractivity (Wildman–Crippen MR) is 98.4 cm³/mol. The summed E-state index contributed by atoms with van der Waals surface area (Å²) in [6, 6.07) is 15.2. The van der Waals surface area contributed by atoms with Crippen LogP contribution in [0.5, 0.6) is 0 Å². The molecule has 0 saturated carbocycles. The SMILES string of the molecule is COC(=O)C1=C(CS(=O)(=O)c2ccccc2)NC(=O)N[C@@H]1c1ccccc1. The molecule has 0 radical (unpaired) electrons. The Morgan fingerprint density at radius 2 is 1.63 bits per heavy atom. The van der Waals surface area contributed by atoms with Crippen LogP contribution in [0.15, 0.2) is 76.8 Å². The fourth-order valence-electron chi connectivity index (χ4n) is 2.88. The summed E-state index contributed by atoms with van der Waals surface area (Å²) in [5.74, 6) is -1.24. The molecule has 0 fully saturated rings. The minimum absolute atomic E-state index is 0.00306. The van der Waals surface area contributed by atoms with Gasteiger partial charge in [0.15, 0.2) is 9.84 Å². The smallest absolute Gasteiger partial charge is 0.338 e. The van der Waals surface area contributed by atoms with Gasteiger partial charge in [-0.05, 0) is 17.7 Å². The second-order valence-electron chi connectivity index (χ2n) is 5.90. The first kappa shape index (κ1) is 18.7. The number of rotatable bonds is 5. The lowest BCUT2D eigenvalue weighted by Gasteiger charge is -2.29. The molecule has 27 heavy (non-hydrogen) atoms. The number of carbonyl (C=O) groups excluding carboxylic acids is 2. The maximum Gasteiger partial charge on any atom is 0.338 e. The van der Waals surface area contributed by atoms with Crippen molar-refractivity contribution in [3.63, 3.8) is 0 Å². The number of urea groups is 1. The average molecular weight is 386 g/mol. The van der Waals surface area contributed by atoms with E-state index in [1.165, 1.54) is 19.2 Å². The minimum Gasteiger partial charge on any atom is -0.466 e. The van der Waals surface area contributed by atoms with Gasteiger partial charge >= 0.3 is 12.0 Å². The van der Waals surface area contributed by atoms with E-state index in [1.54, 1.807) is 48.5 Å². The highest BCUT2D eigenvalue weighted by molar-refractivity contribution is 7.91. The number of hydrogen-bond donors (Lipinski definition) is 2. The third kappa shape index (κ3) is 4.01. The molecule has 1 aliphatic heterocycles. The van der Waals surface area contributed by atoms with E-state index >= 15 is 0 Å². The monoisotopic (exact) mass is 386 g/mol. The van der Waals surface area contributed by atoms with Crippen molar-refractivity contribution in [2.45, 2.75) is 10.9 Å². The van der Waals surface area contributed by atoms with Crippen molar-refractivity contribution in [1.29, 1.82) is 0 Å². The van der Waals surface area contributed by atoms with Gasteiger partial charge in [0.05, 0.1) is 29.4 Å². The van der Waals surface area contributed by atoms with Gasteiger partial charge in [0.1, 0.15) is 0 Å². The molecule has 1 heterocycles. The Bertz CT molecular complexity index is 985. The van der Waals surface area contributed by atoms with Crippen LogP contribution in [0.3, 0.4) is 0 Å². The Labute approximate surface area is 157 Å². The molecule has 3 rings (SSSR count). The van der Waals surface area contributed by atoms with E-state index in [0.29, 0.717) is 5.56 Å². The fourth-order valence-corrected chi connectivity index (χ4v) is 4.23. The molecule has 0 aromatic heterocycles. The van der Waals surface area contributed by atoms with Crippen LogP contribution in [0.4, 0.5) is 4.79 Å². The summed E-state index contributed by atoms with van der Waals surface area (Å²) < 4.78 is 30.3. The molecule has 2 amide bonds. The van der Waals surface area contributed by atoms with Crippen LogP contribution in [0.2, 0.25) is 0 Å². The summed E-state index contributed by atoms with van der Waals surface area (Å²) in [5, 5.41) is 5.11. The highest BCUT2D eigenvalue weighted by Crippen LogP contribution is 2.29. The van der Waals surface area contributed by atoms with Crippen LogP contribution in [-0.4, -0.2) is 33.3 Å². The minimum atomic E-state index is -3.77. The zero-order valence-corrected chi connectivity index (χ0v) is 15.3. The average Bonchev–Trinajstić information content (AvgIpc) is 2.68. The highest BCUT2D eigenvalue weighted by atomic mass is 32.2. The molecule has 1 aliphatic rings. The first-order chi connectivity index (χ1) is 12.9. The topological polar surface area (TPSA) is 102 Å². The molecule has 0 bridgehead atoms. The quantitative estimate of drug-likeness (QED) is 0.765. The second kappa shape index (κ2) is 7.63. The summed E-state index contributed by atoms with van der Waals surface area (Å²) >= 11 is 0. The maximum atomic E-state index is 12.7. The van der Waals surface area contributed by atoms with Gasteiger partial charge in [-0.25, -0.2) is 18.0 Å². The first-order valence-corrected chi connectivity index (χ1v) is 9.79. The summed E-state index contributed by atoms with van der Waals surface area (Å²) in [4.78, 5) is 24.7. The molecule has 1 atom stereocenters. The lowest BCUT2D eigenvalue weighted by Crippen LogP contribution is -2.47. The molecule has 140 valence electrons. The second-order valence-corrected chi connectivity index (χ2v) is 7.89. The van der Waals surface area contributed by atoms with Gasteiger partial charge in [-0.2, -0.15) is 0 Å². The Morgan fingerprint density at radius 3 is 2.22 bits per heavy atom. The molecule has 7 nitrogen and oxygen atoms in total. The number of carbonyl (C=O) groups is 2. The number of hydrogen-bond acceptors (Lipinski definition) is 5. The van der Waals surface area contributed by atoms with Crippen LogP contribution in [-0.2, 0) is 19.4 Å². The van der Waals surface area contributed by atoms with Crippen LogP contribution >= 0.6 is 0 Å². The van der Waals surface area contributed by atoms with Crippen LogP contribution in [0.25, 0.3) is 0 Å². The lowest BCUT2D eigenvalue weighted by molar-refractivity contribution is -0.136. The molecule has 2 aromatic carbocycles. The van der Waals surface area contributed by atoms with Crippen molar-refractivity contribution in [3.05, 3.63) is 77.5 Å². The number of nitrogens with one attached hydrogen (secondary N) is 2. The van der Waals surface area contributed by atoms with E-state index in [1.807, 2.05) is 0 Å². The molecule has 0 spiro atoms. The Kier molecular flexibility index (Phi) is 5.27. The van der Waals surface area contributed by atoms with Crippen LogP contribution in [0, 0.1) is 0 Å². The number of sulfone groups is 1. The van der Waals surface area contributed by atoms with Crippen molar-refractivity contribution in [3.8, 4) is 0 Å². The van der Waals surface area contributed by atoms with Crippen molar-refractivity contribution in [1.82, 2.24) is 10.6 Å². The number of amides is 2. The normalized spacial score (nSPS) is 17.1. The van der Waals surface area contributed by atoms with Gasteiger partial charge in [0, 0.05) is 5.70 Å². The zero-order chi connectivity index (χ0) is 19.4. The van der Waals surface area contributed by atoms with Gasteiger partial charge in [-0.3, -0.25) is 0 Å². The van der Waals surface area contributed by atoms with Gasteiger partial charge in [0.2, 0.25) is 0 Å². The first-order valence-electron chi connectivity index (χ1n) is 8.14. The van der Waals surface area contributed by atoms with Crippen LogP contribution in [0.1, 0.15) is 11.6 Å². The van der Waals surface area contributed by atoms with Crippen molar-refractivity contribution in [2.75, 3.05) is 12.9 Å². The lowest BCUT2D eigenvalue weighted by atomic mass is 9.96.